The molecule has 2 aromatic carbocycles. The number of hydrogen-bond donors (Lipinski definition) is 1. The van der Waals surface area contributed by atoms with E-state index in [1.807, 2.05) is 73.7 Å². The first kappa shape index (κ1) is 20.4. The van der Waals surface area contributed by atoms with Gasteiger partial charge in [-0.05, 0) is 43.3 Å². The summed E-state index contributed by atoms with van der Waals surface area (Å²) < 4.78 is 3.28. The van der Waals surface area contributed by atoms with Crippen molar-refractivity contribution in [3.63, 3.8) is 0 Å². The highest BCUT2D eigenvalue weighted by molar-refractivity contribution is 6.13. The molecule has 0 fully saturated rings. The van der Waals surface area contributed by atoms with E-state index in [1.165, 1.54) is 4.68 Å². The summed E-state index contributed by atoms with van der Waals surface area (Å²) >= 11 is 0. The topological polar surface area (TPSA) is 81.8 Å². The summed E-state index contributed by atoms with van der Waals surface area (Å²) in [5, 5.41) is 3.58. The van der Waals surface area contributed by atoms with Crippen molar-refractivity contribution in [2.24, 2.45) is 7.05 Å². The highest BCUT2D eigenvalue weighted by Crippen LogP contribution is 2.25. The van der Waals surface area contributed by atoms with Gasteiger partial charge in [-0.3, -0.25) is 19.3 Å². The average molecular weight is 435 g/mol. The first-order chi connectivity index (χ1) is 16.0. The van der Waals surface area contributed by atoms with Crippen molar-refractivity contribution in [2.45, 2.75) is 6.92 Å². The molecule has 0 bridgehead atoms. The Hall–Kier alpha value is -4.52. The number of aromatic nitrogens is 4. The minimum Gasteiger partial charge on any atom is -0.316 e. The first-order valence-corrected chi connectivity index (χ1v) is 10.5. The fourth-order valence-corrected chi connectivity index (χ4v) is 3.93. The van der Waals surface area contributed by atoms with Crippen molar-refractivity contribution in [3.05, 3.63) is 107 Å². The fraction of sp³-hybridized carbons (Fsp3) is 0.0769. The Bertz CT molecular complexity index is 1540. The molecule has 0 aliphatic rings. The van der Waals surface area contributed by atoms with Gasteiger partial charge in [-0.25, -0.2) is 9.67 Å². The van der Waals surface area contributed by atoms with E-state index in [1.54, 1.807) is 30.2 Å². The van der Waals surface area contributed by atoms with Gasteiger partial charge in [-0.1, -0.05) is 36.4 Å². The van der Waals surface area contributed by atoms with E-state index in [-0.39, 0.29) is 17.2 Å². The van der Waals surface area contributed by atoms with Crippen LogP contribution in [0, 0.1) is 6.92 Å². The Kier molecular flexibility index (Phi) is 5.06. The quantitative estimate of drug-likeness (QED) is 0.455. The van der Waals surface area contributed by atoms with Crippen molar-refractivity contribution in [1.29, 1.82) is 0 Å². The second-order valence-corrected chi connectivity index (χ2v) is 7.70. The molecule has 1 N–H and O–H groups in total. The second-order valence-electron chi connectivity index (χ2n) is 7.70. The van der Waals surface area contributed by atoms with Crippen LogP contribution in [0.4, 0.5) is 5.69 Å². The lowest BCUT2D eigenvalue weighted by Gasteiger charge is -2.10. The Balaban J connectivity index is 1.60. The highest BCUT2D eigenvalue weighted by Gasteiger charge is 2.20. The molecule has 0 atom stereocenters. The van der Waals surface area contributed by atoms with Gasteiger partial charge in [-0.15, -0.1) is 0 Å². The standard InChI is InChI=1S/C26H21N5O2/c1-17-24(26(33)31(30(17)2)19-8-4-3-5-9-19)29-25(32)21-16-23(18-12-14-27-15-13-18)28-22-11-7-6-10-20(21)22/h3-16H,1-2H3,(H,29,32). The minimum atomic E-state index is -0.366. The molecule has 7 nitrogen and oxygen atoms in total. The first-order valence-electron chi connectivity index (χ1n) is 10.5. The minimum absolute atomic E-state index is 0.248. The largest absolute Gasteiger partial charge is 0.316 e. The van der Waals surface area contributed by atoms with Crippen LogP contribution >= 0.6 is 0 Å². The molecule has 0 saturated carbocycles. The molecule has 7 heteroatoms. The number of nitrogens with one attached hydrogen (secondary N) is 1. The molecule has 5 rings (SSSR count). The SMILES string of the molecule is Cc1c(NC(=O)c2cc(-c3ccncc3)nc3ccccc23)c(=O)n(-c2ccccc2)n1C. The molecule has 1 amide bonds. The van der Waals surface area contributed by atoms with E-state index in [0.717, 1.165) is 11.3 Å². The normalized spacial score (nSPS) is 11.0. The number of benzene rings is 2. The lowest BCUT2D eigenvalue weighted by atomic mass is 10.0. The summed E-state index contributed by atoms with van der Waals surface area (Å²) in [6.45, 7) is 1.81. The third-order valence-corrected chi connectivity index (χ3v) is 5.73. The number of nitrogens with zero attached hydrogens (tertiary/aromatic N) is 4. The van der Waals surface area contributed by atoms with Crippen LogP contribution in [0.15, 0.2) is 90.0 Å². The predicted octanol–water partition coefficient (Wildman–Crippen LogP) is 4.35. The van der Waals surface area contributed by atoms with Crippen LogP contribution in [0.3, 0.4) is 0 Å². The number of amides is 1. The van der Waals surface area contributed by atoms with E-state index in [2.05, 4.69) is 10.3 Å². The Morgan fingerprint density at radius 1 is 0.939 bits per heavy atom. The molecule has 0 aliphatic heterocycles. The lowest BCUT2D eigenvalue weighted by molar-refractivity contribution is 0.102. The van der Waals surface area contributed by atoms with Gasteiger partial charge in [0.25, 0.3) is 11.5 Å². The molecule has 162 valence electrons. The van der Waals surface area contributed by atoms with Gasteiger partial charge in [0.15, 0.2) is 0 Å². The van der Waals surface area contributed by atoms with Gasteiger partial charge < -0.3 is 5.32 Å². The van der Waals surface area contributed by atoms with Crippen LogP contribution in [0.1, 0.15) is 16.1 Å². The number of pyridine rings is 2. The number of rotatable bonds is 4. The smallest absolute Gasteiger partial charge is 0.295 e. The number of para-hydroxylation sites is 2. The van der Waals surface area contributed by atoms with Crippen LogP contribution in [0.2, 0.25) is 0 Å². The third kappa shape index (κ3) is 3.59. The number of carbonyl (C=O) groups is 1. The fourth-order valence-electron chi connectivity index (χ4n) is 3.93. The molecule has 3 aromatic heterocycles. The van der Waals surface area contributed by atoms with Gasteiger partial charge in [0.2, 0.25) is 0 Å². The molecule has 3 heterocycles. The Labute approximate surface area is 190 Å². The number of hydrogen-bond acceptors (Lipinski definition) is 4. The maximum Gasteiger partial charge on any atom is 0.295 e. The van der Waals surface area contributed by atoms with E-state index in [0.29, 0.717) is 27.9 Å². The predicted molar refractivity (Wildman–Crippen MR) is 129 cm³/mol. The molecule has 0 spiro atoms. The van der Waals surface area contributed by atoms with Crippen molar-refractivity contribution >= 4 is 22.5 Å². The number of carbonyl (C=O) groups excluding carboxylic acids is 1. The second kappa shape index (κ2) is 8.20. The third-order valence-electron chi connectivity index (χ3n) is 5.73. The maximum atomic E-state index is 13.5. The van der Waals surface area contributed by atoms with Gasteiger partial charge in [0.05, 0.1) is 28.2 Å². The van der Waals surface area contributed by atoms with Crippen LogP contribution in [-0.4, -0.2) is 25.2 Å². The van der Waals surface area contributed by atoms with Crippen molar-refractivity contribution in [2.75, 3.05) is 5.32 Å². The lowest BCUT2D eigenvalue weighted by Crippen LogP contribution is -2.23. The number of fused-ring (bicyclic) bond motifs is 1. The zero-order chi connectivity index (χ0) is 22.9. The molecule has 0 unspecified atom stereocenters. The van der Waals surface area contributed by atoms with E-state index in [4.69, 9.17) is 4.98 Å². The highest BCUT2D eigenvalue weighted by atomic mass is 16.2. The summed E-state index contributed by atoms with van der Waals surface area (Å²) in [6, 6.07) is 22.2. The van der Waals surface area contributed by atoms with E-state index < -0.39 is 0 Å². The van der Waals surface area contributed by atoms with Crippen molar-refractivity contribution < 1.29 is 4.79 Å². The zero-order valence-electron chi connectivity index (χ0n) is 18.2. The van der Waals surface area contributed by atoms with Crippen molar-refractivity contribution in [3.8, 4) is 16.9 Å². The van der Waals surface area contributed by atoms with Crippen LogP contribution in [0.5, 0.6) is 0 Å². The van der Waals surface area contributed by atoms with Gasteiger partial charge >= 0.3 is 0 Å². The molecule has 0 radical (unpaired) electrons. The maximum absolute atomic E-state index is 13.5. The molecule has 0 saturated heterocycles. The van der Waals surface area contributed by atoms with Crippen LogP contribution in [-0.2, 0) is 7.05 Å². The van der Waals surface area contributed by atoms with Gasteiger partial charge in [-0.2, -0.15) is 0 Å². The van der Waals surface area contributed by atoms with Gasteiger partial charge in [0.1, 0.15) is 5.69 Å². The molecule has 5 aromatic rings. The van der Waals surface area contributed by atoms with E-state index in [9.17, 15) is 9.59 Å². The molecular formula is C26H21N5O2. The molecule has 0 aliphatic carbocycles. The van der Waals surface area contributed by atoms with Crippen LogP contribution in [0.25, 0.3) is 27.8 Å². The van der Waals surface area contributed by atoms with Crippen LogP contribution < -0.4 is 10.9 Å². The van der Waals surface area contributed by atoms with Gasteiger partial charge in [0, 0.05) is 30.4 Å². The average Bonchev–Trinajstić information content (AvgIpc) is 3.07. The van der Waals surface area contributed by atoms with E-state index >= 15 is 0 Å². The Morgan fingerprint density at radius 2 is 1.64 bits per heavy atom. The number of anilines is 1. The summed E-state index contributed by atoms with van der Waals surface area (Å²) in [5.41, 5.74) is 4.00. The summed E-state index contributed by atoms with van der Waals surface area (Å²) in [4.78, 5) is 35.5. The summed E-state index contributed by atoms with van der Waals surface area (Å²) in [6.07, 6.45) is 3.37. The summed E-state index contributed by atoms with van der Waals surface area (Å²) in [7, 11) is 1.79. The zero-order valence-corrected chi connectivity index (χ0v) is 18.2. The molecule has 33 heavy (non-hydrogen) atoms. The monoisotopic (exact) mass is 435 g/mol. The Morgan fingerprint density at radius 3 is 2.39 bits per heavy atom. The summed E-state index contributed by atoms with van der Waals surface area (Å²) in [5.74, 6) is -0.366. The molecular weight excluding hydrogens is 414 g/mol. The van der Waals surface area contributed by atoms with Crippen molar-refractivity contribution in [1.82, 2.24) is 19.3 Å².